The van der Waals surface area contributed by atoms with E-state index in [1.807, 2.05) is 12.1 Å². The normalized spacial score (nSPS) is 13.7. The first-order chi connectivity index (χ1) is 8.31. The summed E-state index contributed by atoms with van der Waals surface area (Å²) in [4.78, 5) is 11.7. The minimum absolute atomic E-state index is 0.0330. The molecule has 4 nitrogen and oxygen atoms in total. The van der Waals surface area contributed by atoms with Crippen molar-refractivity contribution in [1.82, 2.24) is 0 Å². The number of esters is 1. The van der Waals surface area contributed by atoms with E-state index in [-0.39, 0.29) is 19.2 Å². The zero-order valence-corrected chi connectivity index (χ0v) is 9.65. The predicted octanol–water partition coefficient (Wildman–Crippen LogP) is 1.55. The van der Waals surface area contributed by atoms with Crippen molar-refractivity contribution in [2.75, 3.05) is 19.8 Å². The zero-order valence-electron chi connectivity index (χ0n) is 9.65. The molecule has 1 N–H and O–H groups in total. The molecule has 0 amide bonds. The number of aliphatic hydroxyl groups excluding tert-OH is 1. The number of benzene rings is 1. The highest BCUT2D eigenvalue weighted by atomic mass is 16.5. The Morgan fingerprint density at radius 2 is 2.35 bits per heavy atom. The third kappa shape index (κ3) is 2.97. The first kappa shape index (κ1) is 11.9. The summed E-state index contributed by atoms with van der Waals surface area (Å²) in [5, 5.41) is 8.60. The van der Waals surface area contributed by atoms with Crippen LogP contribution in [0.25, 0.3) is 0 Å². The van der Waals surface area contributed by atoms with Crippen LogP contribution in [0.3, 0.4) is 0 Å². The molecule has 92 valence electrons. The lowest BCUT2D eigenvalue weighted by Gasteiger charge is -2.17. The molecule has 0 aromatic heterocycles. The Balaban J connectivity index is 2.03. The summed E-state index contributed by atoms with van der Waals surface area (Å²) in [5.74, 6) is 0.523. The maximum absolute atomic E-state index is 11.7. The van der Waals surface area contributed by atoms with E-state index < -0.39 is 0 Å². The molecule has 0 bridgehead atoms. The predicted molar refractivity (Wildman–Crippen MR) is 62.2 cm³/mol. The quantitative estimate of drug-likeness (QED) is 0.636. The molecule has 1 aliphatic heterocycles. The standard InChI is InChI=1S/C13H16O4/c14-6-2-8-17-13(15)11-4-5-12-10(9-11)3-1-7-16-12/h4-5,9,14H,1-3,6-8H2. The Labute approximate surface area is 100 Å². The second-order valence-electron chi connectivity index (χ2n) is 3.99. The van der Waals surface area contributed by atoms with Gasteiger partial charge in [-0.3, -0.25) is 0 Å². The van der Waals surface area contributed by atoms with Gasteiger partial charge in [-0.25, -0.2) is 4.79 Å². The largest absolute Gasteiger partial charge is 0.493 e. The summed E-state index contributed by atoms with van der Waals surface area (Å²) >= 11 is 0. The molecule has 2 rings (SSSR count). The SMILES string of the molecule is O=C(OCCCO)c1ccc2c(c1)CCCO2. The van der Waals surface area contributed by atoms with Crippen LogP contribution in [0.15, 0.2) is 18.2 Å². The maximum Gasteiger partial charge on any atom is 0.338 e. The molecule has 0 spiro atoms. The van der Waals surface area contributed by atoms with Crippen molar-refractivity contribution in [1.29, 1.82) is 0 Å². The molecule has 0 aliphatic carbocycles. The summed E-state index contributed by atoms with van der Waals surface area (Å²) in [6.07, 6.45) is 2.39. The molecule has 1 heterocycles. The van der Waals surface area contributed by atoms with E-state index in [0.717, 1.165) is 30.8 Å². The van der Waals surface area contributed by atoms with Crippen LogP contribution in [0.2, 0.25) is 0 Å². The van der Waals surface area contributed by atoms with Crippen molar-refractivity contribution in [2.24, 2.45) is 0 Å². The molecule has 1 aromatic rings. The second kappa shape index (κ2) is 5.68. The Morgan fingerprint density at radius 3 is 3.18 bits per heavy atom. The van der Waals surface area contributed by atoms with E-state index >= 15 is 0 Å². The highest BCUT2D eigenvalue weighted by Gasteiger charge is 2.14. The first-order valence-electron chi connectivity index (χ1n) is 5.85. The number of hydrogen-bond donors (Lipinski definition) is 1. The minimum atomic E-state index is -0.341. The number of ether oxygens (including phenoxy) is 2. The molecule has 17 heavy (non-hydrogen) atoms. The van der Waals surface area contributed by atoms with E-state index in [2.05, 4.69) is 0 Å². The van der Waals surface area contributed by atoms with Gasteiger partial charge in [-0.15, -0.1) is 0 Å². The van der Waals surface area contributed by atoms with Crippen molar-refractivity contribution in [3.63, 3.8) is 0 Å². The molecular formula is C13H16O4. The fourth-order valence-corrected chi connectivity index (χ4v) is 1.80. The monoisotopic (exact) mass is 236 g/mol. The molecule has 0 saturated heterocycles. The summed E-state index contributed by atoms with van der Waals surface area (Å²) in [7, 11) is 0. The number of carbonyl (C=O) groups is 1. The van der Waals surface area contributed by atoms with Gasteiger partial charge in [0.1, 0.15) is 5.75 Å². The first-order valence-corrected chi connectivity index (χ1v) is 5.85. The van der Waals surface area contributed by atoms with E-state index in [1.54, 1.807) is 6.07 Å². The van der Waals surface area contributed by atoms with Crippen LogP contribution in [0.1, 0.15) is 28.8 Å². The number of rotatable bonds is 4. The Bertz CT molecular complexity index is 400. The molecule has 0 fully saturated rings. The van der Waals surface area contributed by atoms with Crippen LogP contribution >= 0.6 is 0 Å². The summed E-state index contributed by atoms with van der Waals surface area (Å²) < 4.78 is 10.5. The third-order valence-electron chi connectivity index (χ3n) is 2.68. The average molecular weight is 236 g/mol. The van der Waals surface area contributed by atoms with Gasteiger partial charge in [0.05, 0.1) is 18.8 Å². The van der Waals surface area contributed by atoms with Gasteiger partial charge in [0.15, 0.2) is 0 Å². The van der Waals surface area contributed by atoms with Crippen LogP contribution in [-0.2, 0) is 11.2 Å². The molecule has 0 atom stereocenters. The summed E-state index contributed by atoms with van der Waals surface area (Å²) in [5.41, 5.74) is 1.61. The van der Waals surface area contributed by atoms with E-state index in [4.69, 9.17) is 14.6 Å². The van der Waals surface area contributed by atoms with Gasteiger partial charge in [-0.2, -0.15) is 0 Å². The number of aryl methyl sites for hydroxylation is 1. The highest BCUT2D eigenvalue weighted by molar-refractivity contribution is 5.89. The number of hydrogen-bond acceptors (Lipinski definition) is 4. The number of carbonyl (C=O) groups excluding carboxylic acids is 1. The topological polar surface area (TPSA) is 55.8 Å². The molecule has 0 unspecified atom stereocenters. The van der Waals surface area contributed by atoms with Gasteiger partial charge in [0.25, 0.3) is 0 Å². The molecule has 1 aromatic carbocycles. The molecular weight excluding hydrogens is 220 g/mol. The molecule has 0 saturated carbocycles. The number of fused-ring (bicyclic) bond motifs is 1. The van der Waals surface area contributed by atoms with Crippen molar-refractivity contribution in [3.05, 3.63) is 29.3 Å². The Morgan fingerprint density at radius 1 is 1.47 bits per heavy atom. The van der Waals surface area contributed by atoms with E-state index in [0.29, 0.717) is 12.0 Å². The van der Waals surface area contributed by atoms with Crippen molar-refractivity contribution >= 4 is 5.97 Å². The Kier molecular flexibility index (Phi) is 3.98. The lowest BCUT2D eigenvalue weighted by molar-refractivity contribution is 0.0482. The van der Waals surface area contributed by atoms with Crippen molar-refractivity contribution in [3.8, 4) is 5.75 Å². The highest BCUT2D eigenvalue weighted by Crippen LogP contribution is 2.25. The van der Waals surface area contributed by atoms with Gasteiger partial charge in [-0.05, 0) is 36.6 Å². The average Bonchev–Trinajstić information content (AvgIpc) is 2.38. The van der Waals surface area contributed by atoms with E-state index in [1.165, 1.54) is 0 Å². The van der Waals surface area contributed by atoms with Crippen molar-refractivity contribution in [2.45, 2.75) is 19.3 Å². The van der Waals surface area contributed by atoms with E-state index in [9.17, 15) is 4.79 Å². The van der Waals surface area contributed by atoms with Crippen LogP contribution < -0.4 is 4.74 Å². The Hall–Kier alpha value is -1.55. The molecule has 0 radical (unpaired) electrons. The van der Waals surface area contributed by atoms with Crippen LogP contribution in [0.4, 0.5) is 0 Å². The molecule has 1 aliphatic rings. The van der Waals surface area contributed by atoms with Gasteiger partial charge in [0, 0.05) is 13.0 Å². The maximum atomic E-state index is 11.7. The molecule has 4 heteroatoms. The smallest absolute Gasteiger partial charge is 0.338 e. The zero-order chi connectivity index (χ0) is 12.1. The van der Waals surface area contributed by atoms with Crippen LogP contribution in [-0.4, -0.2) is 30.9 Å². The van der Waals surface area contributed by atoms with Crippen molar-refractivity contribution < 1.29 is 19.4 Å². The van der Waals surface area contributed by atoms with Gasteiger partial charge in [-0.1, -0.05) is 0 Å². The third-order valence-corrected chi connectivity index (χ3v) is 2.68. The van der Waals surface area contributed by atoms with Gasteiger partial charge >= 0.3 is 5.97 Å². The van der Waals surface area contributed by atoms with Gasteiger partial charge in [0.2, 0.25) is 0 Å². The lowest BCUT2D eigenvalue weighted by Crippen LogP contribution is -2.11. The summed E-state index contributed by atoms with van der Waals surface area (Å²) in [6, 6.07) is 5.36. The van der Waals surface area contributed by atoms with Crippen LogP contribution in [0, 0.1) is 0 Å². The lowest BCUT2D eigenvalue weighted by atomic mass is 10.0. The fourth-order valence-electron chi connectivity index (χ4n) is 1.80. The fraction of sp³-hybridized carbons (Fsp3) is 0.462. The minimum Gasteiger partial charge on any atom is -0.493 e. The van der Waals surface area contributed by atoms with Gasteiger partial charge < -0.3 is 14.6 Å². The summed E-state index contributed by atoms with van der Waals surface area (Å²) in [6.45, 7) is 1.03. The second-order valence-corrected chi connectivity index (χ2v) is 3.99. The number of aliphatic hydroxyl groups is 1. The van der Waals surface area contributed by atoms with Crippen LogP contribution in [0.5, 0.6) is 5.75 Å².